The zero-order chi connectivity index (χ0) is 29.0. The lowest BCUT2D eigenvalue weighted by molar-refractivity contribution is -0.143. The zero-order valence-corrected chi connectivity index (χ0v) is 21.2. The van der Waals surface area contributed by atoms with E-state index in [1.807, 2.05) is 0 Å². The van der Waals surface area contributed by atoms with Crippen molar-refractivity contribution in [2.24, 2.45) is 17.4 Å². The van der Waals surface area contributed by atoms with Crippen LogP contribution >= 0.6 is 0 Å². The number of amides is 4. The molecule has 10 N–H and O–H groups in total. The summed E-state index contributed by atoms with van der Waals surface area (Å²) in [5, 5.41) is 34.9. The molecule has 4 unspecified atom stereocenters. The fourth-order valence-corrected chi connectivity index (χ4v) is 3.39. The lowest BCUT2D eigenvalue weighted by Gasteiger charge is -2.27. The van der Waals surface area contributed by atoms with Crippen LogP contribution in [0.1, 0.15) is 45.1 Å². The molecule has 1 aromatic carbocycles. The quantitative estimate of drug-likeness (QED) is 0.122. The highest BCUT2D eigenvalue weighted by molar-refractivity contribution is 5.94. The highest BCUT2D eigenvalue weighted by Gasteiger charge is 2.32. The van der Waals surface area contributed by atoms with Crippen LogP contribution in [0.25, 0.3) is 0 Å². The van der Waals surface area contributed by atoms with Crippen LogP contribution in [-0.4, -0.2) is 75.1 Å². The fraction of sp³-hybridized carbons (Fsp3) is 0.500. The van der Waals surface area contributed by atoms with Crippen molar-refractivity contribution in [1.82, 2.24) is 16.0 Å². The molecule has 4 amide bonds. The molecule has 4 atom stereocenters. The van der Waals surface area contributed by atoms with Gasteiger partial charge in [-0.3, -0.25) is 24.0 Å². The first-order chi connectivity index (χ1) is 17.7. The van der Waals surface area contributed by atoms with Gasteiger partial charge < -0.3 is 42.7 Å². The average Bonchev–Trinajstić information content (AvgIpc) is 2.82. The number of aliphatic carboxylic acids is 2. The molecule has 0 bridgehead atoms. The second kappa shape index (κ2) is 15.1. The highest BCUT2D eigenvalue weighted by atomic mass is 16.4. The monoisotopic (exact) mass is 537 g/mol. The summed E-state index contributed by atoms with van der Waals surface area (Å²) in [6.07, 6.45) is -1.26. The molecule has 0 saturated carbocycles. The predicted octanol–water partition coefficient (Wildman–Crippen LogP) is -1.41. The van der Waals surface area contributed by atoms with E-state index in [2.05, 4.69) is 16.0 Å². The van der Waals surface area contributed by atoms with E-state index < -0.39 is 72.1 Å². The Morgan fingerprint density at radius 3 is 1.87 bits per heavy atom. The van der Waals surface area contributed by atoms with Crippen LogP contribution in [0.2, 0.25) is 0 Å². The summed E-state index contributed by atoms with van der Waals surface area (Å²) in [6, 6.07) is 0.829. The Morgan fingerprint density at radius 2 is 1.37 bits per heavy atom. The molecule has 38 heavy (non-hydrogen) atoms. The maximum Gasteiger partial charge on any atom is 0.326 e. The number of phenols is 1. The highest BCUT2D eigenvalue weighted by Crippen LogP contribution is 2.12. The topological polar surface area (TPSA) is 251 Å². The Kier molecular flexibility index (Phi) is 12.7. The van der Waals surface area contributed by atoms with Gasteiger partial charge >= 0.3 is 11.9 Å². The number of phenolic OH excluding ortho intramolecular Hbond substituents is 1. The Bertz CT molecular complexity index is 1010. The number of carboxylic acid groups (broad SMARTS) is 2. The van der Waals surface area contributed by atoms with E-state index in [1.165, 1.54) is 12.1 Å². The van der Waals surface area contributed by atoms with Crippen molar-refractivity contribution >= 4 is 35.6 Å². The largest absolute Gasteiger partial charge is 0.508 e. The number of carbonyl (C=O) groups excluding carboxylic acids is 4. The van der Waals surface area contributed by atoms with Gasteiger partial charge in [-0.15, -0.1) is 0 Å². The molecule has 0 aliphatic rings. The number of nitrogens with two attached hydrogens (primary N) is 2. The molecule has 14 heteroatoms. The van der Waals surface area contributed by atoms with Gasteiger partial charge in [0.2, 0.25) is 23.6 Å². The number of nitrogens with one attached hydrogen (secondary N) is 3. The minimum atomic E-state index is -1.44. The summed E-state index contributed by atoms with van der Waals surface area (Å²) in [5.74, 6) is -6.33. The van der Waals surface area contributed by atoms with Crippen LogP contribution < -0.4 is 27.4 Å². The van der Waals surface area contributed by atoms with Gasteiger partial charge in [0.05, 0.1) is 6.04 Å². The molecule has 1 rings (SSSR count). The van der Waals surface area contributed by atoms with Gasteiger partial charge in [-0.25, -0.2) is 4.79 Å². The lowest BCUT2D eigenvalue weighted by Crippen LogP contribution is -2.58. The number of carboxylic acids is 2. The Labute approximate surface area is 219 Å². The smallest absolute Gasteiger partial charge is 0.326 e. The van der Waals surface area contributed by atoms with Crippen molar-refractivity contribution in [2.45, 2.75) is 70.1 Å². The van der Waals surface area contributed by atoms with E-state index in [0.717, 1.165) is 0 Å². The first-order valence-corrected chi connectivity index (χ1v) is 11.9. The molecule has 14 nitrogen and oxygen atoms in total. The maximum absolute atomic E-state index is 13.0. The van der Waals surface area contributed by atoms with Crippen molar-refractivity contribution in [3.8, 4) is 5.75 Å². The van der Waals surface area contributed by atoms with E-state index in [1.54, 1.807) is 26.0 Å². The van der Waals surface area contributed by atoms with Crippen LogP contribution in [0.4, 0.5) is 0 Å². The van der Waals surface area contributed by atoms with Gasteiger partial charge in [-0.1, -0.05) is 26.0 Å². The summed E-state index contributed by atoms with van der Waals surface area (Å²) >= 11 is 0. The van der Waals surface area contributed by atoms with Gasteiger partial charge in [0.15, 0.2) is 0 Å². The van der Waals surface area contributed by atoms with Crippen LogP contribution in [0, 0.1) is 5.92 Å². The third-order valence-electron chi connectivity index (χ3n) is 5.55. The summed E-state index contributed by atoms with van der Waals surface area (Å²) in [5.41, 5.74) is 11.6. The average molecular weight is 538 g/mol. The molecule has 0 spiro atoms. The van der Waals surface area contributed by atoms with Crippen molar-refractivity contribution in [2.75, 3.05) is 0 Å². The van der Waals surface area contributed by atoms with E-state index in [-0.39, 0.29) is 31.4 Å². The first-order valence-electron chi connectivity index (χ1n) is 11.9. The minimum absolute atomic E-state index is 0.0310. The predicted molar refractivity (Wildman–Crippen MR) is 133 cm³/mol. The van der Waals surface area contributed by atoms with E-state index in [0.29, 0.717) is 5.56 Å². The Hall–Kier alpha value is -4.20. The molecule has 0 aromatic heterocycles. The molecular formula is C24H35N5O9. The molecular weight excluding hydrogens is 502 g/mol. The molecule has 0 aliphatic carbocycles. The third kappa shape index (κ3) is 11.2. The standard InChI is InChI=1S/C24H35N5O9/c1-12(2)20(23(36)28-17(24(37)38)7-9-18(26)31)29-22(35)16(8-10-19(32)33)27-21(34)15(25)11-13-3-5-14(30)6-4-13/h3-6,12,15-17,20,30H,7-11,25H2,1-2H3,(H2,26,31)(H,27,34)(H,28,36)(H,29,35)(H,32,33)(H,37,38). The summed E-state index contributed by atoms with van der Waals surface area (Å²) in [7, 11) is 0. The van der Waals surface area contributed by atoms with E-state index in [4.69, 9.17) is 16.6 Å². The second-order valence-electron chi connectivity index (χ2n) is 9.11. The maximum atomic E-state index is 13.0. The van der Waals surface area contributed by atoms with E-state index in [9.17, 15) is 39.0 Å². The SMILES string of the molecule is CC(C)C(NC(=O)C(CCC(=O)O)NC(=O)C(N)Cc1ccc(O)cc1)C(=O)NC(CCC(N)=O)C(=O)O. The number of aromatic hydroxyl groups is 1. The number of rotatable bonds is 16. The van der Waals surface area contributed by atoms with Gasteiger partial charge in [0, 0.05) is 12.8 Å². The minimum Gasteiger partial charge on any atom is -0.508 e. The van der Waals surface area contributed by atoms with Crippen LogP contribution in [-0.2, 0) is 35.2 Å². The molecule has 210 valence electrons. The van der Waals surface area contributed by atoms with Gasteiger partial charge in [-0.05, 0) is 42.9 Å². The van der Waals surface area contributed by atoms with Gasteiger partial charge in [0.1, 0.15) is 23.9 Å². The lowest BCUT2D eigenvalue weighted by atomic mass is 10.0. The number of hydrogen-bond donors (Lipinski definition) is 8. The number of benzene rings is 1. The normalized spacial score (nSPS) is 14.0. The number of carbonyl (C=O) groups is 6. The van der Waals surface area contributed by atoms with E-state index >= 15 is 0 Å². The molecule has 0 saturated heterocycles. The van der Waals surface area contributed by atoms with Crippen molar-refractivity contribution in [1.29, 1.82) is 0 Å². The third-order valence-corrected chi connectivity index (χ3v) is 5.55. The fourth-order valence-electron chi connectivity index (χ4n) is 3.39. The Balaban J connectivity index is 2.96. The number of hydrogen-bond acceptors (Lipinski definition) is 8. The second-order valence-corrected chi connectivity index (χ2v) is 9.11. The summed E-state index contributed by atoms with van der Waals surface area (Å²) < 4.78 is 0. The Morgan fingerprint density at radius 1 is 0.816 bits per heavy atom. The van der Waals surface area contributed by atoms with Gasteiger partial charge in [0.25, 0.3) is 0 Å². The molecule has 0 radical (unpaired) electrons. The summed E-state index contributed by atoms with van der Waals surface area (Å²) in [6.45, 7) is 3.17. The van der Waals surface area contributed by atoms with Crippen LogP contribution in [0.5, 0.6) is 5.75 Å². The van der Waals surface area contributed by atoms with Crippen molar-refractivity contribution in [3.63, 3.8) is 0 Å². The first kappa shape index (κ1) is 31.8. The molecule has 0 fully saturated rings. The van der Waals surface area contributed by atoms with Gasteiger partial charge in [-0.2, -0.15) is 0 Å². The summed E-state index contributed by atoms with van der Waals surface area (Å²) in [4.78, 5) is 72.1. The molecule has 1 aromatic rings. The number of primary amides is 1. The zero-order valence-electron chi connectivity index (χ0n) is 21.2. The van der Waals surface area contributed by atoms with Crippen LogP contribution in [0.3, 0.4) is 0 Å². The van der Waals surface area contributed by atoms with Crippen molar-refractivity contribution in [3.05, 3.63) is 29.8 Å². The van der Waals surface area contributed by atoms with Crippen LogP contribution in [0.15, 0.2) is 24.3 Å². The van der Waals surface area contributed by atoms with Crippen molar-refractivity contribution < 1.29 is 44.1 Å². The molecule has 0 aliphatic heterocycles. The molecule has 0 heterocycles.